The van der Waals surface area contributed by atoms with Crippen LogP contribution in [0.4, 0.5) is 0 Å². The molecule has 0 bridgehead atoms. The predicted molar refractivity (Wildman–Crippen MR) is 78.6 cm³/mol. The van der Waals surface area contributed by atoms with Crippen molar-refractivity contribution in [2.75, 3.05) is 0 Å². The fourth-order valence-electron chi connectivity index (χ4n) is 1.50. The number of para-hydroxylation sites is 1. The number of aromatic hydroxyl groups is 2. The highest BCUT2D eigenvalue weighted by Gasteiger charge is 2.08. The molecule has 102 valence electrons. The molecule has 0 aliphatic rings. The van der Waals surface area contributed by atoms with E-state index >= 15 is 0 Å². The highest BCUT2D eigenvalue weighted by atomic mass is 79.9. The Labute approximate surface area is 124 Å². The number of carbonyl (C=O) groups excluding carboxylic acids is 1. The van der Waals surface area contributed by atoms with Crippen LogP contribution in [0, 0.1) is 0 Å². The minimum Gasteiger partial charge on any atom is -0.504 e. The van der Waals surface area contributed by atoms with E-state index in [2.05, 4.69) is 15.9 Å². The van der Waals surface area contributed by atoms with Crippen molar-refractivity contribution in [1.29, 1.82) is 0 Å². The summed E-state index contributed by atoms with van der Waals surface area (Å²) in [5.41, 5.74) is 0.547. The summed E-state index contributed by atoms with van der Waals surface area (Å²) in [5.74, 6) is -0.588. The summed E-state index contributed by atoms with van der Waals surface area (Å²) >= 11 is 3.13. The average molecular weight is 335 g/mol. The monoisotopic (exact) mass is 334 g/mol. The summed E-state index contributed by atoms with van der Waals surface area (Å²) in [6, 6.07) is 11.6. The van der Waals surface area contributed by atoms with Crippen LogP contribution in [-0.4, -0.2) is 16.2 Å². The van der Waals surface area contributed by atoms with Crippen molar-refractivity contribution in [3.63, 3.8) is 0 Å². The Morgan fingerprint density at radius 1 is 1.10 bits per heavy atom. The third-order valence-corrected chi connectivity index (χ3v) is 3.32. The van der Waals surface area contributed by atoms with E-state index in [4.69, 9.17) is 4.74 Å². The lowest BCUT2D eigenvalue weighted by Gasteiger charge is -2.04. The molecule has 4 nitrogen and oxygen atoms in total. The van der Waals surface area contributed by atoms with Gasteiger partial charge in [0.15, 0.2) is 11.5 Å². The first-order chi connectivity index (χ1) is 9.58. The van der Waals surface area contributed by atoms with Crippen LogP contribution in [-0.2, 0) is 4.79 Å². The molecular weight excluding hydrogens is 324 g/mol. The molecule has 2 aromatic rings. The zero-order chi connectivity index (χ0) is 14.5. The second kappa shape index (κ2) is 6.25. The lowest BCUT2D eigenvalue weighted by atomic mass is 10.2. The molecule has 0 heterocycles. The van der Waals surface area contributed by atoms with Gasteiger partial charge < -0.3 is 14.9 Å². The number of esters is 1. The number of carbonyl (C=O) groups is 1. The zero-order valence-corrected chi connectivity index (χ0v) is 11.9. The SMILES string of the molecule is O=C(/C=C/c1ccc(O)c(O)c1Br)Oc1ccccc1. The summed E-state index contributed by atoms with van der Waals surface area (Å²) in [7, 11) is 0. The summed E-state index contributed by atoms with van der Waals surface area (Å²) in [6.07, 6.45) is 2.72. The molecule has 2 rings (SSSR count). The minimum absolute atomic E-state index is 0.235. The number of hydrogen-bond donors (Lipinski definition) is 2. The molecule has 0 atom stereocenters. The van der Waals surface area contributed by atoms with Crippen LogP contribution in [0.25, 0.3) is 6.08 Å². The lowest BCUT2D eigenvalue weighted by Crippen LogP contribution is -2.03. The molecule has 0 fully saturated rings. The van der Waals surface area contributed by atoms with E-state index in [1.54, 1.807) is 30.3 Å². The molecule has 0 aliphatic heterocycles. The van der Waals surface area contributed by atoms with Crippen LogP contribution in [0.1, 0.15) is 5.56 Å². The Hall–Kier alpha value is -2.27. The Bertz CT molecular complexity index is 650. The molecule has 0 aromatic heterocycles. The fraction of sp³-hybridized carbons (Fsp3) is 0. The van der Waals surface area contributed by atoms with Gasteiger partial charge in [0.25, 0.3) is 0 Å². The number of ether oxygens (including phenoxy) is 1. The van der Waals surface area contributed by atoms with Gasteiger partial charge in [-0.1, -0.05) is 18.2 Å². The Balaban J connectivity index is 2.10. The van der Waals surface area contributed by atoms with Gasteiger partial charge >= 0.3 is 5.97 Å². The van der Waals surface area contributed by atoms with Gasteiger partial charge in [0.1, 0.15) is 5.75 Å². The molecule has 0 unspecified atom stereocenters. The molecule has 5 heteroatoms. The van der Waals surface area contributed by atoms with E-state index in [0.717, 1.165) is 0 Å². The second-order valence-corrected chi connectivity index (χ2v) is 4.70. The quantitative estimate of drug-likeness (QED) is 0.390. The maximum atomic E-state index is 11.6. The molecule has 0 radical (unpaired) electrons. The third-order valence-electron chi connectivity index (χ3n) is 2.49. The van der Waals surface area contributed by atoms with Gasteiger partial charge in [0, 0.05) is 6.08 Å². The number of rotatable bonds is 3. The molecule has 2 aromatic carbocycles. The summed E-state index contributed by atoms with van der Waals surface area (Å²) < 4.78 is 5.38. The first kappa shape index (κ1) is 14.1. The van der Waals surface area contributed by atoms with Crippen LogP contribution in [0.5, 0.6) is 17.2 Å². The highest BCUT2D eigenvalue weighted by molar-refractivity contribution is 9.10. The smallest absolute Gasteiger partial charge is 0.336 e. The Kier molecular flexibility index (Phi) is 4.42. The van der Waals surface area contributed by atoms with Crippen molar-refractivity contribution < 1.29 is 19.7 Å². The third kappa shape index (κ3) is 3.39. The standard InChI is InChI=1S/C15H11BrO4/c16-14-10(6-8-12(17)15(14)19)7-9-13(18)20-11-4-2-1-3-5-11/h1-9,17,19H/b9-7+. The highest BCUT2D eigenvalue weighted by Crippen LogP contribution is 2.36. The predicted octanol–water partition coefficient (Wildman–Crippen LogP) is 3.48. The second-order valence-electron chi connectivity index (χ2n) is 3.90. The Morgan fingerprint density at radius 3 is 2.50 bits per heavy atom. The van der Waals surface area contributed by atoms with E-state index in [-0.39, 0.29) is 11.5 Å². The van der Waals surface area contributed by atoms with Gasteiger partial charge in [-0.3, -0.25) is 0 Å². The van der Waals surface area contributed by atoms with E-state index in [0.29, 0.717) is 15.8 Å². The molecule has 0 saturated carbocycles. The number of phenols is 2. The van der Waals surface area contributed by atoms with Crippen LogP contribution in [0.15, 0.2) is 53.0 Å². The molecule has 0 aliphatic carbocycles. The van der Waals surface area contributed by atoms with Gasteiger partial charge in [-0.05, 0) is 51.8 Å². The summed E-state index contributed by atoms with van der Waals surface area (Å²) in [4.78, 5) is 11.6. The summed E-state index contributed by atoms with van der Waals surface area (Å²) in [5, 5.41) is 18.8. The normalized spacial score (nSPS) is 10.7. The van der Waals surface area contributed by atoms with Crippen LogP contribution >= 0.6 is 15.9 Å². The summed E-state index contributed by atoms with van der Waals surface area (Å²) in [6.45, 7) is 0. The first-order valence-corrected chi connectivity index (χ1v) is 6.52. The number of phenolic OH excluding ortho intramolecular Hbond substituents is 2. The van der Waals surface area contributed by atoms with E-state index in [1.807, 2.05) is 6.07 Å². The molecule has 0 spiro atoms. The van der Waals surface area contributed by atoms with Crippen molar-refractivity contribution in [2.45, 2.75) is 0 Å². The first-order valence-electron chi connectivity index (χ1n) is 5.73. The molecule has 2 N–H and O–H groups in total. The molecule has 0 saturated heterocycles. The number of halogens is 1. The van der Waals surface area contributed by atoms with Gasteiger partial charge in [0.2, 0.25) is 0 Å². The molecule has 0 amide bonds. The number of benzene rings is 2. The van der Waals surface area contributed by atoms with E-state index < -0.39 is 5.97 Å². The fourth-order valence-corrected chi connectivity index (χ4v) is 1.96. The van der Waals surface area contributed by atoms with E-state index in [9.17, 15) is 15.0 Å². The zero-order valence-electron chi connectivity index (χ0n) is 10.3. The molecular formula is C15H11BrO4. The van der Waals surface area contributed by atoms with Gasteiger partial charge in [-0.2, -0.15) is 0 Å². The maximum Gasteiger partial charge on any atom is 0.336 e. The van der Waals surface area contributed by atoms with Crippen molar-refractivity contribution in [1.82, 2.24) is 0 Å². The van der Waals surface area contributed by atoms with Crippen molar-refractivity contribution >= 4 is 28.0 Å². The van der Waals surface area contributed by atoms with Crippen LogP contribution < -0.4 is 4.74 Å². The van der Waals surface area contributed by atoms with Crippen molar-refractivity contribution in [3.8, 4) is 17.2 Å². The minimum atomic E-state index is -0.532. The van der Waals surface area contributed by atoms with Crippen molar-refractivity contribution in [2.24, 2.45) is 0 Å². The van der Waals surface area contributed by atoms with Crippen LogP contribution in [0.3, 0.4) is 0 Å². The van der Waals surface area contributed by atoms with Gasteiger partial charge in [-0.15, -0.1) is 0 Å². The molecule has 20 heavy (non-hydrogen) atoms. The average Bonchev–Trinajstić information content (AvgIpc) is 2.45. The van der Waals surface area contributed by atoms with Crippen molar-refractivity contribution in [3.05, 3.63) is 58.6 Å². The van der Waals surface area contributed by atoms with Gasteiger partial charge in [-0.25, -0.2) is 4.79 Å². The van der Waals surface area contributed by atoms with E-state index in [1.165, 1.54) is 18.2 Å². The van der Waals surface area contributed by atoms with Gasteiger partial charge in [0.05, 0.1) is 4.47 Å². The largest absolute Gasteiger partial charge is 0.504 e. The topological polar surface area (TPSA) is 66.8 Å². The Morgan fingerprint density at radius 2 is 1.80 bits per heavy atom. The maximum absolute atomic E-state index is 11.6. The lowest BCUT2D eigenvalue weighted by molar-refractivity contribution is -0.128. The van der Waals surface area contributed by atoms with Crippen LogP contribution in [0.2, 0.25) is 0 Å². The number of hydrogen-bond acceptors (Lipinski definition) is 4.